The standard InChI is InChI=1S/C19H19NO3/c1-4-13(3)10-11-14(5-2)20-18-15-8-6-7-9-17(15)23-19(22)16(18)12-21/h4,6-12,20H,1,5H2,2-3H3/b13-10-,14-11+. The molecule has 1 heterocycles. The zero-order chi connectivity index (χ0) is 16.8. The van der Waals surface area contributed by atoms with Gasteiger partial charge in [0.1, 0.15) is 11.1 Å². The van der Waals surface area contributed by atoms with Crippen LogP contribution in [0.15, 0.2) is 69.6 Å². The van der Waals surface area contributed by atoms with Gasteiger partial charge in [0.2, 0.25) is 0 Å². The molecule has 0 saturated carbocycles. The Balaban J connectivity index is 2.59. The molecule has 4 heteroatoms. The van der Waals surface area contributed by atoms with E-state index in [1.807, 2.05) is 38.1 Å². The molecule has 0 spiro atoms. The van der Waals surface area contributed by atoms with Crippen molar-refractivity contribution in [1.82, 2.24) is 0 Å². The maximum absolute atomic E-state index is 12.0. The van der Waals surface area contributed by atoms with Crippen molar-refractivity contribution in [2.75, 3.05) is 5.32 Å². The summed E-state index contributed by atoms with van der Waals surface area (Å²) >= 11 is 0. The second-order valence-electron chi connectivity index (χ2n) is 5.08. The lowest BCUT2D eigenvalue weighted by Gasteiger charge is -2.12. The molecule has 0 aliphatic rings. The lowest BCUT2D eigenvalue weighted by atomic mass is 10.1. The van der Waals surface area contributed by atoms with Gasteiger partial charge in [-0.2, -0.15) is 0 Å². The van der Waals surface area contributed by atoms with Gasteiger partial charge in [-0.25, -0.2) is 4.79 Å². The molecule has 4 nitrogen and oxygen atoms in total. The lowest BCUT2D eigenvalue weighted by Crippen LogP contribution is -2.12. The van der Waals surface area contributed by atoms with Crippen molar-refractivity contribution in [2.45, 2.75) is 20.3 Å². The highest BCUT2D eigenvalue weighted by atomic mass is 16.4. The van der Waals surface area contributed by atoms with Gasteiger partial charge in [0.05, 0.1) is 5.69 Å². The van der Waals surface area contributed by atoms with E-state index < -0.39 is 5.63 Å². The van der Waals surface area contributed by atoms with Crippen LogP contribution in [0.1, 0.15) is 30.6 Å². The number of hydrogen-bond acceptors (Lipinski definition) is 4. The number of allylic oxidation sites excluding steroid dienone is 5. The number of fused-ring (bicyclic) bond motifs is 1. The summed E-state index contributed by atoms with van der Waals surface area (Å²) in [6, 6.07) is 7.13. The van der Waals surface area contributed by atoms with E-state index in [0.717, 1.165) is 11.3 Å². The molecule has 23 heavy (non-hydrogen) atoms. The molecule has 1 N–H and O–H groups in total. The van der Waals surface area contributed by atoms with E-state index >= 15 is 0 Å². The number of rotatable bonds is 6. The third-order valence-electron chi connectivity index (χ3n) is 3.50. The Labute approximate surface area is 134 Å². The van der Waals surface area contributed by atoms with E-state index in [1.54, 1.807) is 18.2 Å². The van der Waals surface area contributed by atoms with Crippen LogP contribution in [0.2, 0.25) is 0 Å². The fourth-order valence-corrected chi connectivity index (χ4v) is 2.11. The van der Waals surface area contributed by atoms with Crippen molar-refractivity contribution in [3.05, 3.63) is 76.3 Å². The number of carbonyl (C=O) groups is 1. The summed E-state index contributed by atoms with van der Waals surface area (Å²) in [6.45, 7) is 7.65. The van der Waals surface area contributed by atoms with Crippen molar-refractivity contribution in [3.8, 4) is 0 Å². The summed E-state index contributed by atoms with van der Waals surface area (Å²) < 4.78 is 5.18. The van der Waals surface area contributed by atoms with Crippen LogP contribution in [0.4, 0.5) is 5.69 Å². The molecule has 118 valence electrons. The van der Waals surface area contributed by atoms with Crippen LogP contribution in [-0.4, -0.2) is 6.29 Å². The van der Waals surface area contributed by atoms with Gasteiger partial charge in [-0.1, -0.05) is 43.4 Å². The highest BCUT2D eigenvalue weighted by Gasteiger charge is 2.14. The monoisotopic (exact) mass is 309 g/mol. The topological polar surface area (TPSA) is 59.3 Å². The first-order chi connectivity index (χ1) is 11.1. The molecular weight excluding hydrogens is 290 g/mol. The molecule has 1 aromatic heterocycles. The summed E-state index contributed by atoms with van der Waals surface area (Å²) in [4.78, 5) is 23.3. The number of carbonyl (C=O) groups excluding carboxylic acids is 1. The van der Waals surface area contributed by atoms with Gasteiger partial charge in [-0.3, -0.25) is 4.79 Å². The number of anilines is 1. The van der Waals surface area contributed by atoms with Gasteiger partial charge in [0.25, 0.3) is 0 Å². The average molecular weight is 309 g/mol. The molecule has 0 aliphatic carbocycles. The van der Waals surface area contributed by atoms with Crippen molar-refractivity contribution < 1.29 is 9.21 Å². The van der Waals surface area contributed by atoms with Gasteiger partial charge in [0, 0.05) is 11.1 Å². The maximum Gasteiger partial charge on any atom is 0.349 e. The largest absolute Gasteiger partial charge is 0.422 e. The Kier molecular flexibility index (Phi) is 5.31. The Bertz CT molecular complexity index is 857. The smallest absolute Gasteiger partial charge is 0.349 e. The van der Waals surface area contributed by atoms with E-state index in [2.05, 4.69) is 11.9 Å². The van der Waals surface area contributed by atoms with E-state index in [4.69, 9.17) is 4.42 Å². The molecule has 0 unspecified atom stereocenters. The summed E-state index contributed by atoms with van der Waals surface area (Å²) in [7, 11) is 0. The summed E-state index contributed by atoms with van der Waals surface area (Å²) in [5.41, 5.74) is 2.17. The highest BCUT2D eigenvalue weighted by molar-refractivity contribution is 5.99. The zero-order valence-corrected chi connectivity index (χ0v) is 13.3. The van der Waals surface area contributed by atoms with Crippen LogP contribution in [0.5, 0.6) is 0 Å². The zero-order valence-electron chi connectivity index (χ0n) is 13.3. The molecule has 1 aromatic carbocycles. The predicted octanol–water partition coefficient (Wildman–Crippen LogP) is 4.44. The third kappa shape index (κ3) is 3.66. The number of para-hydroxylation sites is 1. The molecule has 0 aliphatic heterocycles. The average Bonchev–Trinajstić information content (AvgIpc) is 2.57. The fourth-order valence-electron chi connectivity index (χ4n) is 2.11. The first-order valence-electron chi connectivity index (χ1n) is 7.38. The Morgan fingerprint density at radius 1 is 1.30 bits per heavy atom. The maximum atomic E-state index is 12.0. The van der Waals surface area contributed by atoms with Crippen molar-refractivity contribution in [3.63, 3.8) is 0 Å². The minimum atomic E-state index is -0.644. The Morgan fingerprint density at radius 3 is 2.70 bits per heavy atom. The molecule has 2 rings (SSSR count). The molecule has 2 aromatic rings. The van der Waals surface area contributed by atoms with Crippen molar-refractivity contribution in [2.24, 2.45) is 0 Å². The first kappa shape index (κ1) is 16.5. The van der Waals surface area contributed by atoms with Gasteiger partial charge in [-0.15, -0.1) is 0 Å². The van der Waals surface area contributed by atoms with E-state index in [9.17, 15) is 9.59 Å². The van der Waals surface area contributed by atoms with Gasteiger partial charge >= 0.3 is 5.63 Å². The number of aldehydes is 1. The molecule has 0 atom stereocenters. The van der Waals surface area contributed by atoms with Crippen molar-refractivity contribution >= 4 is 22.9 Å². The summed E-state index contributed by atoms with van der Waals surface area (Å²) in [5.74, 6) is 0. The van der Waals surface area contributed by atoms with Gasteiger partial charge in [0.15, 0.2) is 6.29 Å². The number of benzene rings is 1. The SMILES string of the molecule is C=C/C(C)=C\C=C(/CC)Nc1c(C=O)c(=O)oc2ccccc12. The van der Waals surface area contributed by atoms with Crippen LogP contribution in [0.25, 0.3) is 11.0 Å². The fraction of sp³-hybridized carbons (Fsp3) is 0.158. The van der Waals surface area contributed by atoms with Gasteiger partial charge < -0.3 is 9.73 Å². The Morgan fingerprint density at radius 2 is 2.04 bits per heavy atom. The van der Waals surface area contributed by atoms with Crippen LogP contribution in [0, 0.1) is 0 Å². The first-order valence-corrected chi connectivity index (χ1v) is 7.38. The molecule has 0 fully saturated rings. The summed E-state index contributed by atoms with van der Waals surface area (Å²) in [5, 5.41) is 3.90. The molecular formula is C19H19NO3. The van der Waals surface area contributed by atoms with Crippen LogP contribution in [-0.2, 0) is 0 Å². The minimum Gasteiger partial charge on any atom is -0.422 e. The molecule has 0 radical (unpaired) electrons. The summed E-state index contributed by atoms with van der Waals surface area (Å²) in [6.07, 6.45) is 6.84. The highest BCUT2D eigenvalue weighted by Crippen LogP contribution is 2.26. The van der Waals surface area contributed by atoms with E-state index in [1.165, 1.54) is 0 Å². The van der Waals surface area contributed by atoms with Crippen molar-refractivity contribution in [1.29, 1.82) is 0 Å². The second-order valence-corrected chi connectivity index (χ2v) is 5.08. The van der Waals surface area contributed by atoms with E-state index in [-0.39, 0.29) is 5.56 Å². The molecule has 0 amide bonds. The minimum absolute atomic E-state index is 0.00697. The Hall–Kier alpha value is -2.88. The number of hydrogen-bond donors (Lipinski definition) is 1. The van der Waals surface area contributed by atoms with Crippen LogP contribution in [0.3, 0.4) is 0 Å². The number of nitrogens with one attached hydrogen (secondary N) is 1. The predicted molar refractivity (Wildman–Crippen MR) is 93.8 cm³/mol. The quantitative estimate of drug-likeness (QED) is 0.487. The molecule has 0 bridgehead atoms. The second kappa shape index (κ2) is 7.40. The normalized spacial score (nSPS) is 12.3. The lowest BCUT2D eigenvalue weighted by molar-refractivity contribution is 0.112. The van der Waals surface area contributed by atoms with Crippen LogP contribution < -0.4 is 10.9 Å². The van der Waals surface area contributed by atoms with E-state index in [0.29, 0.717) is 29.4 Å². The third-order valence-corrected chi connectivity index (χ3v) is 3.50. The van der Waals surface area contributed by atoms with Gasteiger partial charge in [-0.05, 0) is 31.6 Å². The van der Waals surface area contributed by atoms with Crippen LogP contribution >= 0.6 is 0 Å². The molecule has 0 saturated heterocycles.